The number of nitrogens with zero attached hydrogens (tertiary/aromatic N) is 3. The highest BCUT2D eigenvalue weighted by Gasteiger charge is 2.12. The Morgan fingerprint density at radius 2 is 1.87 bits per heavy atom. The molecule has 1 aliphatic heterocycles. The average molecular weight is 416 g/mol. The van der Waals surface area contributed by atoms with Crippen LogP contribution in [-0.2, 0) is 17.8 Å². The zero-order valence-electron chi connectivity index (χ0n) is 17.1. The fraction of sp³-hybridized carbons (Fsp3) is 0.261. The number of rotatable bonds is 6. The number of nitrogens with one attached hydrogen (secondary N) is 3. The third-order valence-electron chi connectivity index (χ3n) is 5.50. The largest absolute Gasteiger partial charge is 0.379 e. The number of H-pyrrole nitrogens is 2. The van der Waals surface area contributed by atoms with Crippen LogP contribution in [0.1, 0.15) is 11.1 Å². The topological polar surface area (TPSA) is 98.9 Å². The molecule has 1 fully saturated rings. The van der Waals surface area contributed by atoms with Crippen molar-refractivity contribution in [2.45, 2.75) is 13.1 Å². The predicted octanol–water partition coefficient (Wildman–Crippen LogP) is 2.76. The minimum absolute atomic E-state index is 0.117. The molecule has 0 amide bonds. The first-order chi connectivity index (χ1) is 15.2. The molecule has 0 bridgehead atoms. The number of benzene rings is 1. The molecule has 3 N–H and O–H groups in total. The van der Waals surface area contributed by atoms with Gasteiger partial charge in [0.2, 0.25) is 5.56 Å². The first-order valence-corrected chi connectivity index (χ1v) is 10.4. The van der Waals surface area contributed by atoms with E-state index < -0.39 is 0 Å². The molecule has 0 spiro atoms. The van der Waals surface area contributed by atoms with Gasteiger partial charge in [0.15, 0.2) is 0 Å². The van der Waals surface area contributed by atoms with Crippen LogP contribution in [0, 0.1) is 0 Å². The Kier molecular flexibility index (Phi) is 5.47. The number of fused-ring (bicyclic) bond motifs is 1. The summed E-state index contributed by atoms with van der Waals surface area (Å²) >= 11 is 0. The molecule has 1 aromatic carbocycles. The summed E-state index contributed by atoms with van der Waals surface area (Å²) in [4.78, 5) is 28.7. The van der Waals surface area contributed by atoms with E-state index in [1.807, 2.05) is 6.07 Å². The van der Waals surface area contributed by atoms with E-state index in [4.69, 9.17) is 4.74 Å². The van der Waals surface area contributed by atoms with E-state index in [-0.39, 0.29) is 5.56 Å². The molecule has 5 rings (SSSR count). The molecule has 8 heteroatoms. The molecule has 8 nitrogen and oxygen atoms in total. The number of pyridine rings is 1. The number of aromatic amines is 2. The maximum atomic E-state index is 11.5. The summed E-state index contributed by atoms with van der Waals surface area (Å²) in [6.07, 6.45) is 3.18. The molecular weight excluding hydrogens is 392 g/mol. The number of hydrogen-bond donors (Lipinski definition) is 3. The average Bonchev–Trinajstić information content (AvgIpc) is 3.24. The Morgan fingerprint density at radius 1 is 1.03 bits per heavy atom. The lowest BCUT2D eigenvalue weighted by Crippen LogP contribution is -2.35. The lowest BCUT2D eigenvalue weighted by molar-refractivity contribution is 0.0342. The van der Waals surface area contributed by atoms with Crippen LogP contribution < -0.4 is 10.9 Å². The van der Waals surface area contributed by atoms with E-state index in [2.05, 4.69) is 60.5 Å². The standard InChI is InChI=1S/C23H24N6O2/c30-21-11-17(5-6-24-21)13-25-22-19-12-20(28-23(19)27-15-26-22)18-3-1-16(2-4-18)14-29-7-9-31-10-8-29/h1-6,11-12,15H,7-10,13-14H2,(H,24,30)(H2,25,26,27,28). The van der Waals surface area contributed by atoms with Crippen molar-refractivity contribution in [3.8, 4) is 11.3 Å². The Balaban J connectivity index is 1.33. The van der Waals surface area contributed by atoms with Crippen LogP contribution >= 0.6 is 0 Å². The van der Waals surface area contributed by atoms with Crippen molar-refractivity contribution in [3.63, 3.8) is 0 Å². The van der Waals surface area contributed by atoms with Gasteiger partial charge in [-0.05, 0) is 28.8 Å². The van der Waals surface area contributed by atoms with Gasteiger partial charge in [-0.3, -0.25) is 9.69 Å². The second-order valence-corrected chi connectivity index (χ2v) is 7.67. The van der Waals surface area contributed by atoms with Gasteiger partial charge in [-0.1, -0.05) is 24.3 Å². The van der Waals surface area contributed by atoms with Crippen LogP contribution in [0.3, 0.4) is 0 Å². The maximum Gasteiger partial charge on any atom is 0.248 e. The van der Waals surface area contributed by atoms with E-state index in [9.17, 15) is 4.79 Å². The van der Waals surface area contributed by atoms with E-state index in [0.717, 1.165) is 66.5 Å². The number of morpholine rings is 1. The maximum absolute atomic E-state index is 11.5. The Labute approximate surface area is 179 Å². The highest BCUT2D eigenvalue weighted by molar-refractivity contribution is 5.91. The van der Waals surface area contributed by atoms with Crippen molar-refractivity contribution in [2.24, 2.45) is 0 Å². The van der Waals surface area contributed by atoms with E-state index in [1.54, 1.807) is 12.3 Å². The fourth-order valence-electron chi connectivity index (χ4n) is 3.83. The second kappa shape index (κ2) is 8.71. The smallest absolute Gasteiger partial charge is 0.248 e. The summed E-state index contributed by atoms with van der Waals surface area (Å²) in [7, 11) is 0. The molecular formula is C23H24N6O2. The van der Waals surface area contributed by atoms with Crippen molar-refractivity contribution in [3.05, 3.63) is 76.5 Å². The van der Waals surface area contributed by atoms with E-state index in [0.29, 0.717) is 6.54 Å². The SMILES string of the molecule is O=c1cc(CNc2ncnc3[nH]c(-c4ccc(CN5CCOCC5)cc4)cc23)cc[nH]1. The number of aromatic nitrogens is 4. The third-order valence-corrected chi connectivity index (χ3v) is 5.50. The van der Waals surface area contributed by atoms with E-state index in [1.165, 1.54) is 11.9 Å². The van der Waals surface area contributed by atoms with Crippen molar-refractivity contribution in [1.29, 1.82) is 0 Å². The zero-order chi connectivity index (χ0) is 21.0. The van der Waals surface area contributed by atoms with Gasteiger partial charge < -0.3 is 20.0 Å². The van der Waals surface area contributed by atoms with Crippen LogP contribution in [0.5, 0.6) is 0 Å². The van der Waals surface area contributed by atoms with Crippen molar-refractivity contribution < 1.29 is 4.74 Å². The van der Waals surface area contributed by atoms with Crippen LogP contribution in [0.4, 0.5) is 5.82 Å². The molecule has 1 aliphatic rings. The third kappa shape index (κ3) is 4.50. The molecule has 0 unspecified atom stereocenters. The Morgan fingerprint density at radius 3 is 2.68 bits per heavy atom. The lowest BCUT2D eigenvalue weighted by atomic mass is 10.1. The Bertz CT molecular complexity index is 1220. The summed E-state index contributed by atoms with van der Waals surface area (Å²) in [5.74, 6) is 0.733. The van der Waals surface area contributed by atoms with Crippen LogP contribution in [-0.4, -0.2) is 51.1 Å². The second-order valence-electron chi connectivity index (χ2n) is 7.67. The van der Waals surface area contributed by atoms with Crippen molar-refractivity contribution >= 4 is 16.9 Å². The molecule has 4 aromatic rings. The normalized spacial score (nSPS) is 14.7. The number of hydrogen-bond acceptors (Lipinski definition) is 6. The number of anilines is 1. The quantitative estimate of drug-likeness (QED) is 0.447. The molecule has 1 saturated heterocycles. The lowest BCUT2D eigenvalue weighted by Gasteiger charge is -2.26. The minimum atomic E-state index is -0.117. The van der Waals surface area contributed by atoms with Gasteiger partial charge in [-0.25, -0.2) is 9.97 Å². The zero-order valence-corrected chi connectivity index (χ0v) is 17.1. The summed E-state index contributed by atoms with van der Waals surface area (Å²) in [5.41, 5.74) is 4.93. The Hall–Kier alpha value is -3.49. The molecule has 31 heavy (non-hydrogen) atoms. The van der Waals surface area contributed by atoms with Crippen LogP contribution in [0.15, 0.2) is 59.8 Å². The molecule has 0 saturated carbocycles. The summed E-state index contributed by atoms with van der Waals surface area (Å²) in [5, 5.41) is 4.23. The summed E-state index contributed by atoms with van der Waals surface area (Å²) in [6.45, 7) is 5.03. The molecule has 3 aromatic heterocycles. The van der Waals surface area contributed by atoms with Crippen molar-refractivity contribution in [2.75, 3.05) is 31.6 Å². The molecule has 158 valence electrons. The minimum Gasteiger partial charge on any atom is -0.379 e. The first kappa shape index (κ1) is 19.5. The van der Waals surface area contributed by atoms with Gasteiger partial charge in [-0.2, -0.15) is 0 Å². The van der Waals surface area contributed by atoms with Gasteiger partial charge >= 0.3 is 0 Å². The summed E-state index contributed by atoms with van der Waals surface area (Å²) < 4.78 is 5.42. The van der Waals surface area contributed by atoms with Crippen molar-refractivity contribution in [1.82, 2.24) is 24.8 Å². The van der Waals surface area contributed by atoms with Gasteiger partial charge in [0.25, 0.3) is 0 Å². The molecule has 0 radical (unpaired) electrons. The highest BCUT2D eigenvalue weighted by atomic mass is 16.5. The predicted molar refractivity (Wildman–Crippen MR) is 120 cm³/mol. The van der Waals surface area contributed by atoms with E-state index >= 15 is 0 Å². The summed E-state index contributed by atoms with van der Waals surface area (Å²) in [6, 6.07) is 14.1. The monoisotopic (exact) mass is 416 g/mol. The van der Waals surface area contributed by atoms with Crippen LogP contribution in [0.2, 0.25) is 0 Å². The van der Waals surface area contributed by atoms with Gasteiger partial charge in [-0.15, -0.1) is 0 Å². The van der Waals surface area contributed by atoms with Gasteiger partial charge in [0.05, 0.1) is 18.6 Å². The van der Waals surface area contributed by atoms with Crippen LogP contribution in [0.25, 0.3) is 22.3 Å². The molecule has 4 heterocycles. The van der Waals surface area contributed by atoms with Gasteiger partial charge in [0.1, 0.15) is 17.8 Å². The molecule has 0 aliphatic carbocycles. The molecule has 0 atom stereocenters. The van der Waals surface area contributed by atoms with Gasteiger partial charge in [0, 0.05) is 44.1 Å². The first-order valence-electron chi connectivity index (χ1n) is 10.4. The number of ether oxygens (including phenoxy) is 1. The highest BCUT2D eigenvalue weighted by Crippen LogP contribution is 2.27. The fourth-order valence-corrected chi connectivity index (χ4v) is 3.83.